The van der Waals surface area contributed by atoms with Gasteiger partial charge in [0.2, 0.25) is 5.91 Å². The molecule has 1 aromatic carbocycles. The molecule has 132 valence electrons. The lowest BCUT2D eigenvalue weighted by Crippen LogP contribution is -2.11. The van der Waals surface area contributed by atoms with Crippen molar-refractivity contribution in [3.05, 3.63) is 53.0 Å². The van der Waals surface area contributed by atoms with Crippen LogP contribution in [0.25, 0.3) is 10.6 Å². The predicted octanol–water partition coefficient (Wildman–Crippen LogP) is 4.19. The van der Waals surface area contributed by atoms with E-state index in [0.717, 1.165) is 15.5 Å². The van der Waals surface area contributed by atoms with Gasteiger partial charge >= 0.3 is 5.97 Å². The molecular weight excluding hydrogens is 372 g/mol. The number of fused-ring (bicyclic) bond motifs is 1. The second-order valence-electron chi connectivity index (χ2n) is 5.59. The number of aromatic nitrogens is 1. The number of nitrogens with zero attached hydrogens (tertiary/aromatic N) is 1. The van der Waals surface area contributed by atoms with Gasteiger partial charge < -0.3 is 14.6 Å². The maximum absolute atomic E-state index is 12.3. The van der Waals surface area contributed by atoms with Crippen molar-refractivity contribution in [3.63, 3.8) is 0 Å². The third-order valence-corrected chi connectivity index (χ3v) is 5.71. The van der Waals surface area contributed by atoms with Crippen molar-refractivity contribution in [3.8, 4) is 10.6 Å². The fourth-order valence-electron chi connectivity index (χ4n) is 2.48. The highest BCUT2D eigenvalue weighted by molar-refractivity contribution is 7.99. The summed E-state index contributed by atoms with van der Waals surface area (Å²) < 4.78 is 10.6. The Morgan fingerprint density at radius 3 is 3.08 bits per heavy atom. The van der Waals surface area contributed by atoms with Crippen LogP contribution in [0.1, 0.15) is 22.5 Å². The number of nitrogens with one attached hydrogen (secondary N) is 1. The smallest absolute Gasteiger partial charge is 0.338 e. The minimum absolute atomic E-state index is 0.0197. The number of thioether (sulfide) groups is 1. The molecule has 6 nitrogen and oxygen atoms in total. The summed E-state index contributed by atoms with van der Waals surface area (Å²) in [4.78, 5) is 25.9. The maximum atomic E-state index is 12.3. The van der Waals surface area contributed by atoms with Gasteiger partial charge in [0.05, 0.1) is 16.1 Å². The standard InChI is InChI=1S/C18H14N2O4S2/c21-17-5-7-26-15-4-3-11(8-13(15)19-17)18(22)23-10-12-9-14(24-20-12)16-2-1-6-25-16/h1-4,6,8-9H,5,7,10H2,(H,19,21). The zero-order chi connectivity index (χ0) is 17.9. The molecule has 0 radical (unpaired) electrons. The summed E-state index contributed by atoms with van der Waals surface area (Å²) in [5.41, 5.74) is 1.57. The lowest BCUT2D eigenvalue weighted by atomic mass is 10.2. The minimum atomic E-state index is -0.475. The zero-order valence-corrected chi connectivity index (χ0v) is 15.2. The zero-order valence-electron chi connectivity index (χ0n) is 13.6. The Morgan fingerprint density at radius 2 is 2.23 bits per heavy atom. The van der Waals surface area contributed by atoms with E-state index in [4.69, 9.17) is 9.26 Å². The number of anilines is 1. The van der Waals surface area contributed by atoms with Crippen LogP contribution in [0.3, 0.4) is 0 Å². The van der Waals surface area contributed by atoms with Crippen LogP contribution in [0.15, 0.2) is 51.2 Å². The molecule has 0 atom stereocenters. The first-order valence-corrected chi connectivity index (χ1v) is 9.79. The number of hydrogen-bond acceptors (Lipinski definition) is 7. The van der Waals surface area contributed by atoms with Crippen LogP contribution in [-0.2, 0) is 16.1 Å². The molecule has 26 heavy (non-hydrogen) atoms. The average molecular weight is 386 g/mol. The van der Waals surface area contributed by atoms with E-state index in [1.165, 1.54) is 0 Å². The van der Waals surface area contributed by atoms with Crippen molar-refractivity contribution in [2.24, 2.45) is 0 Å². The van der Waals surface area contributed by atoms with E-state index in [2.05, 4.69) is 10.5 Å². The molecule has 1 amide bonds. The molecule has 1 aliphatic heterocycles. The van der Waals surface area contributed by atoms with Gasteiger partial charge in [-0.1, -0.05) is 11.2 Å². The van der Waals surface area contributed by atoms with Gasteiger partial charge in [-0.2, -0.15) is 0 Å². The Morgan fingerprint density at radius 1 is 1.31 bits per heavy atom. The van der Waals surface area contributed by atoms with Gasteiger partial charge in [0.25, 0.3) is 0 Å². The van der Waals surface area contributed by atoms with Crippen LogP contribution in [0.5, 0.6) is 0 Å². The number of thiophene rings is 1. The summed E-state index contributed by atoms with van der Waals surface area (Å²) in [6.45, 7) is 0.0197. The lowest BCUT2D eigenvalue weighted by molar-refractivity contribution is -0.115. The number of amides is 1. The van der Waals surface area contributed by atoms with E-state index >= 15 is 0 Å². The van der Waals surface area contributed by atoms with Crippen LogP contribution in [0.2, 0.25) is 0 Å². The van der Waals surface area contributed by atoms with Gasteiger partial charge in [0.1, 0.15) is 12.3 Å². The largest absolute Gasteiger partial charge is 0.455 e. The number of ether oxygens (including phenoxy) is 1. The lowest BCUT2D eigenvalue weighted by Gasteiger charge is -2.08. The normalized spacial score (nSPS) is 13.6. The number of rotatable bonds is 4. The molecule has 8 heteroatoms. The summed E-state index contributed by atoms with van der Waals surface area (Å²) in [6.07, 6.45) is 0.456. The average Bonchev–Trinajstić information content (AvgIpc) is 3.28. The molecule has 0 bridgehead atoms. The van der Waals surface area contributed by atoms with E-state index in [9.17, 15) is 9.59 Å². The molecule has 0 fully saturated rings. The molecular formula is C18H14N2O4S2. The number of esters is 1. The summed E-state index contributed by atoms with van der Waals surface area (Å²) in [5, 5.41) is 8.69. The van der Waals surface area contributed by atoms with Gasteiger partial charge in [-0.25, -0.2) is 4.79 Å². The second kappa shape index (κ2) is 7.35. The van der Waals surface area contributed by atoms with Gasteiger partial charge in [-0.15, -0.1) is 23.1 Å². The third kappa shape index (κ3) is 3.66. The Kier molecular flexibility index (Phi) is 4.77. The molecule has 0 spiro atoms. The number of carbonyl (C=O) groups is 2. The van der Waals surface area contributed by atoms with Crippen LogP contribution < -0.4 is 5.32 Å². The molecule has 0 saturated carbocycles. The van der Waals surface area contributed by atoms with E-state index in [1.54, 1.807) is 41.3 Å². The monoisotopic (exact) mass is 386 g/mol. The first-order valence-electron chi connectivity index (χ1n) is 7.92. The van der Waals surface area contributed by atoms with Gasteiger partial charge in [-0.3, -0.25) is 4.79 Å². The Hall–Kier alpha value is -2.58. The predicted molar refractivity (Wildman–Crippen MR) is 99.3 cm³/mol. The quantitative estimate of drug-likeness (QED) is 0.677. The van der Waals surface area contributed by atoms with E-state index in [-0.39, 0.29) is 12.5 Å². The van der Waals surface area contributed by atoms with Crippen LogP contribution in [0, 0.1) is 0 Å². The van der Waals surface area contributed by atoms with Crippen molar-refractivity contribution >= 4 is 40.7 Å². The van der Waals surface area contributed by atoms with Crippen molar-refractivity contribution in [2.45, 2.75) is 17.9 Å². The van der Waals surface area contributed by atoms with Crippen LogP contribution >= 0.6 is 23.1 Å². The van der Waals surface area contributed by atoms with Crippen molar-refractivity contribution < 1.29 is 18.8 Å². The highest BCUT2D eigenvalue weighted by atomic mass is 32.2. The highest BCUT2D eigenvalue weighted by Gasteiger charge is 2.17. The van der Waals surface area contributed by atoms with E-state index in [0.29, 0.717) is 29.1 Å². The summed E-state index contributed by atoms with van der Waals surface area (Å²) in [7, 11) is 0. The van der Waals surface area contributed by atoms with Crippen molar-refractivity contribution in [1.82, 2.24) is 5.16 Å². The van der Waals surface area contributed by atoms with E-state index in [1.807, 2.05) is 23.6 Å². The SMILES string of the molecule is O=C1CCSc2ccc(C(=O)OCc3cc(-c4cccs4)on3)cc2N1. The topological polar surface area (TPSA) is 81.4 Å². The first-order chi connectivity index (χ1) is 12.7. The van der Waals surface area contributed by atoms with Crippen LogP contribution in [0.4, 0.5) is 5.69 Å². The number of benzene rings is 1. The fraction of sp³-hybridized carbons (Fsp3) is 0.167. The second-order valence-corrected chi connectivity index (χ2v) is 7.68. The maximum Gasteiger partial charge on any atom is 0.338 e. The van der Waals surface area contributed by atoms with Gasteiger partial charge in [0.15, 0.2) is 5.76 Å². The highest BCUT2D eigenvalue weighted by Crippen LogP contribution is 2.31. The van der Waals surface area contributed by atoms with Gasteiger partial charge in [-0.05, 0) is 29.6 Å². The Balaban J connectivity index is 1.43. The Labute approximate surface area is 157 Å². The molecule has 3 heterocycles. The molecule has 0 aliphatic carbocycles. The summed E-state index contributed by atoms with van der Waals surface area (Å²) in [6, 6.07) is 10.8. The number of hydrogen-bond donors (Lipinski definition) is 1. The molecule has 1 aliphatic rings. The summed E-state index contributed by atoms with van der Waals surface area (Å²) >= 11 is 3.14. The number of carbonyl (C=O) groups excluding carboxylic acids is 2. The fourth-order valence-corrected chi connectivity index (χ4v) is 4.09. The molecule has 0 saturated heterocycles. The van der Waals surface area contributed by atoms with Crippen molar-refractivity contribution in [2.75, 3.05) is 11.1 Å². The molecule has 4 rings (SSSR count). The minimum Gasteiger partial charge on any atom is -0.455 e. The molecule has 0 unspecified atom stereocenters. The third-order valence-electron chi connectivity index (χ3n) is 3.75. The van der Waals surface area contributed by atoms with Crippen LogP contribution in [-0.4, -0.2) is 22.8 Å². The molecule has 1 N–H and O–H groups in total. The van der Waals surface area contributed by atoms with E-state index < -0.39 is 5.97 Å². The van der Waals surface area contributed by atoms with Crippen molar-refractivity contribution in [1.29, 1.82) is 0 Å². The first kappa shape index (κ1) is 16.9. The molecule has 2 aromatic heterocycles. The Bertz CT molecular complexity index is 950. The van der Waals surface area contributed by atoms with Gasteiger partial charge in [0, 0.05) is 23.1 Å². The molecule has 3 aromatic rings. The summed E-state index contributed by atoms with van der Waals surface area (Å²) in [5.74, 6) is 0.847.